The summed E-state index contributed by atoms with van der Waals surface area (Å²) < 4.78 is 45.1. The maximum atomic E-state index is 13.3. The fourth-order valence-electron chi connectivity index (χ4n) is 3.91. The second-order valence-electron chi connectivity index (χ2n) is 8.18. The van der Waals surface area contributed by atoms with Gasteiger partial charge < -0.3 is 15.4 Å². The van der Waals surface area contributed by atoms with Gasteiger partial charge in [0.1, 0.15) is 5.70 Å². The molecule has 3 aliphatic heterocycles. The van der Waals surface area contributed by atoms with E-state index in [1.165, 1.54) is 18.0 Å². The van der Waals surface area contributed by atoms with Crippen LogP contribution in [0.15, 0.2) is 34.7 Å². The number of hydrogen-bond acceptors (Lipinski definition) is 7. The van der Waals surface area contributed by atoms with Crippen LogP contribution < -0.4 is 10.6 Å². The van der Waals surface area contributed by atoms with Gasteiger partial charge in [-0.05, 0) is 36.8 Å². The highest BCUT2D eigenvalue weighted by Crippen LogP contribution is 2.41. The van der Waals surface area contributed by atoms with Gasteiger partial charge in [0.05, 0.1) is 30.8 Å². The molecule has 8 nitrogen and oxygen atoms in total. The van der Waals surface area contributed by atoms with Crippen molar-refractivity contribution in [3.63, 3.8) is 0 Å². The second kappa shape index (κ2) is 11.5. The number of alkyl halides is 3. The van der Waals surface area contributed by atoms with Crippen molar-refractivity contribution in [1.82, 2.24) is 20.5 Å². The van der Waals surface area contributed by atoms with Crippen LogP contribution in [0.1, 0.15) is 26.2 Å². The molecular weight excluding hydrogens is 481 g/mol. The van der Waals surface area contributed by atoms with Gasteiger partial charge in [-0.3, -0.25) is 9.69 Å². The Morgan fingerprint density at radius 2 is 2.09 bits per heavy atom. The highest BCUT2D eigenvalue weighted by Gasteiger charge is 2.46. The van der Waals surface area contributed by atoms with Crippen molar-refractivity contribution >= 4 is 17.7 Å². The van der Waals surface area contributed by atoms with E-state index in [1.54, 1.807) is 12.2 Å². The summed E-state index contributed by atoms with van der Waals surface area (Å²) >= 11 is -0.268. The number of nitrogens with one attached hydrogen (secondary N) is 2. The summed E-state index contributed by atoms with van der Waals surface area (Å²) in [6, 6.07) is 2.38. The third-order valence-electron chi connectivity index (χ3n) is 5.75. The van der Waals surface area contributed by atoms with Crippen molar-refractivity contribution in [3.05, 3.63) is 39.6 Å². The number of rotatable bonds is 6. The number of nitriles is 1. The standard InChI is InChI=1S/C23H25F3N6O2S/c1-17(33)29-11-4-3-7-20(35-23(24,25)26)19-6-5-8-21(32(19)28-2)30-18-9-12-31(13-10-18)22(14-27)15-34-16-22/h2,5-6,8,18,30H,7,9-13,15-16H2,1H3/p+1/b20-19+. The highest BCUT2D eigenvalue weighted by molar-refractivity contribution is 8.03. The van der Waals surface area contributed by atoms with Gasteiger partial charge >= 0.3 is 12.1 Å². The summed E-state index contributed by atoms with van der Waals surface area (Å²) in [5.74, 6) is 5.49. The monoisotopic (exact) mass is 507 g/mol. The van der Waals surface area contributed by atoms with E-state index in [1.807, 2.05) is 0 Å². The summed E-state index contributed by atoms with van der Waals surface area (Å²) in [6.07, 6.45) is 6.11. The van der Waals surface area contributed by atoms with Crippen LogP contribution in [-0.2, 0) is 9.53 Å². The van der Waals surface area contributed by atoms with Crippen LogP contribution in [0, 0.1) is 29.7 Å². The van der Waals surface area contributed by atoms with Gasteiger partial charge in [-0.2, -0.15) is 18.4 Å². The van der Waals surface area contributed by atoms with Gasteiger partial charge in [0.2, 0.25) is 5.91 Å². The largest absolute Gasteiger partial charge is 0.446 e. The van der Waals surface area contributed by atoms with E-state index in [0.29, 0.717) is 32.1 Å². The van der Waals surface area contributed by atoms with E-state index in [-0.39, 0.29) is 47.3 Å². The Morgan fingerprint density at radius 3 is 2.63 bits per heavy atom. The summed E-state index contributed by atoms with van der Waals surface area (Å²) in [6.45, 7) is 9.15. The van der Waals surface area contributed by atoms with Gasteiger partial charge in [0.15, 0.2) is 11.4 Å². The van der Waals surface area contributed by atoms with E-state index in [9.17, 15) is 23.2 Å². The maximum Gasteiger partial charge on any atom is 0.446 e. The molecule has 186 valence electrons. The zero-order valence-electron chi connectivity index (χ0n) is 19.2. The lowest BCUT2D eigenvalue weighted by Gasteiger charge is -2.47. The van der Waals surface area contributed by atoms with Gasteiger partial charge in [-0.15, -0.1) is 0 Å². The Balaban J connectivity index is 1.71. The minimum Gasteiger partial charge on any atom is -0.375 e. The first-order chi connectivity index (χ1) is 16.7. The highest BCUT2D eigenvalue weighted by atomic mass is 32.2. The summed E-state index contributed by atoms with van der Waals surface area (Å²) in [4.78, 5) is 16.7. The predicted octanol–water partition coefficient (Wildman–Crippen LogP) is 2.92. The number of allylic oxidation sites excluding steroid dienone is 4. The minimum atomic E-state index is -4.53. The molecule has 0 unspecified atom stereocenters. The maximum absolute atomic E-state index is 13.3. The summed E-state index contributed by atoms with van der Waals surface area (Å²) in [5, 5.41) is 16.6. The van der Waals surface area contributed by atoms with E-state index in [2.05, 4.69) is 38.4 Å². The molecule has 0 spiro atoms. The topological polar surface area (TPSA) is 85.0 Å². The molecule has 35 heavy (non-hydrogen) atoms. The lowest BCUT2D eigenvalue weighted by molar-refractivity contribution is -0.118. The lowest BCUT2D eigenvalue weighted by Crippen LogP contribution is -2.63. The summed E-state index contributed by atoms with van der Waals surface area (Å²) in [7, 11) is 0. The van der Waals surface area contributed by atoms with E-state index < -0.39 is 11.0 Å². The Kier molecular flexibility index (Phi) is 8.74. The van der Waals surface area contributed by atoms with Crippen molar-refractivity contribution in [1.29, 1.82) is 5.26 Å². The van der Waals surface area contributed by atoms with Crippen LogP contribution in [-0.4, -0.2) is 65.8 Å². The third-order valence-corrected chi connectivity index (χ3v) is 6.58. The number of carbonyl (C=O) groups excluding carboxylic acids is 1. The molecule has 3 heterocycles. The quantitative estimate of drug-likeness (QED) is 0.535. The zero-order chi connectivity index (χ0) is 25.5. The third kappa shape index (κ3) is 6.95. The molecular formula is C23H26F3N6O2S+. The Morgan fingerprint density at radius 1 is 1.37 bits per heavy atom. The number of thioether (sulfide) groups is 1. The van der Waals surface area contributed by atoms with Crippen molar-refractivity contribution in [2.24, 2.45) is 0 Å². The molecule has 0 aromatic rings. The molecule has 3 rings (SSSR count). The van der Waals surface area contributed by atoms with Crippen LogP contribution in [0.5, 0.6) is 0 Å². The molecule has 0 atom stereocenters. The number of halogens is 3. The normalized spacial score (nSPS) is 21.4. The van der Waals surface area contributed by atoms with Crippen molar-refractivity contribution in [2.75, 3.05) is 32.8 Å². The predicted molar refractivity (Wildman–Crippen MR) is 126 cm³/mol. The van der Waals surface area contributed by atoms with Gasteiger partial charge in [-0.1, -0.05) is 17.9 Å². The smallest absolute Gasteiger partial charge is 0.375 e. The Hall–Kier alpha value is -3.11. The van der Waals surface area contributed by atoms with Crippen molar-refractivity contribution in [3.8, 4) is 24.5 Å². The molecule has 1 amide bonds. The fourth-order valence-corrected chi connectivity index (χ4v) is 4.60. The molecule has 0 aliphatic carbocycles. The average molecular weight is 508 g/mol. The van der Waals surface area contributed by atoms with Crippen LogP contribution in [0.4, 0.5) is 13.2 Å². The number of nitrogens with zero attached hydrogens (tertiary/aromatic N) is 4. The van der Waals surface area contributed by atoms with Crippen molar-refractivity contribution < 1.29 is 22.7 Å². The average Bonchev–Trinajstić information content (AvgIpc) is 2.77. The fraction of sp³-hybridized carbons (Fsp3) is 0.522. The lowest BCUT2D eigenvalue weighted by atomic mass is 9.92. The van der Waals surface area contributed by atoms with Gasteiger partial charge in [0.25, 0.3) is 0 Å². The molecule has 0 saturated carbocycles. The van der Waals surface area contributed by atoms with Crippen LogP contribution >= 0.6 is 11.8 Å². The number of amides is 1. The van der Waals surface area contributed by atoms with Crippen LogP contribution in [0.25, 0.3) is 4.95 Å². The molecule has 2 fully saturated rings. The number of piperidine rings is 1. The first-order valence-electron chi connectivity index (χ1n) is 11.0. The molecule has 0 aromatic carbocycles. The number of ether oxygens (including phenoxy) is 1. The molecule has 12 heteroatoms. The number of hydrogen-bond donors (Lipinski definition) is 2. The van der Waals surface area contributed by atoms with Crippen molar-refractivity contribution in [2.45, 2.75) is 43.3 Å². The molecule has 2 saturated heterocycles. The Labute approximate surface area is 206 Å². The second-order valence-corrected chi connectivity index (χ2v) is 9.34. The SMILES string of the molecule is C#[N+]N1C(NC2CCN(C3(C#N)COC3)CC2)=CC=C/C1=C(/CC#CCNC(C)=O)SC(F)(F)F. The first kappa shape index (κ1) is 26.5. The zero-order valence-corrected chi connectivity index (χ0v) is 20.0. The van der Waals surface area contributed by atoms with Crippen LogP contribution in [0.3, 0.4) is 0 Å². The first-order valence-corrected chi connectivity index (χ1v) is 11.8. The number of likely N-dealkylation sites (tertiary alicyclic amines) is 1. The molecule has 0 bridgehead atoms. The molecule has 0 aromatic heterocycles. The number of carbonyl (C=O) groups is 1. The van der Waals surface area contributed by atoms with Gasteiger partial charge in [0, 0.05) is 42.4 Å². The van der Waals surface area contributed by atoms with E-state index in [0.717, 1.165) is 12.8 Å². The molecule has 0 radical (unpaired) electrons. The molecule has 2 N–H and O–H groups in total. The van der Waals surface area contributed by atoms with Gasteiger partial charge in [-0.25, -0.2) is 0 Å². The summed E-state index contributed by atoms with van der Waals surface area (Å²) in [5.41, 5.74) is -4.92. The minimum absolute atomic E-state index is 0.0300. The molecule has 3 aliphatic rings. The van der Waals surface area contributed by atoms with Crippen LogP contribution in [0.2, 0.25) is 0 Å². The van der Waals surface area contributed by atoms with E-state index >= 15 is 0 Å². The van der Waals surface area contributed by atoms with E-state index in [4.69, 9.17) is 11.3 Å². The Bertz CT molecular complexity index is 1050.